The molecule has 33 heavy (non-hydrogen) atoms. The van der Waals surface area contributed by atoms with Gasteiger partial charge in [-0.1, -0.05) is 41.2 Å². The molecule has 0 bridgehead atoms. The molecule has 4 rings (SSSR count). The van der Waals surface area contributed by atoms with Crippen LogP contribution in [0.25, 0.3) is 0 Å². The molecule has 8 heteroatoms. The van der Waals surface area contributed by atoms with Crippen LogP contribution >= 0.6 is 11.3 Å². The molecule has 1 amide bonds. The second kappa shape index (κ2) is 11.4. The van der Waals surface area contributed by atoms with Crippen molar-refractivity contribution in [1.29, 1.82) is 0 Å². The number of amides is 1. The van der Waals surface area contributed by atoms with E-state index in [1.165, 1.54) is 16.9 Å². The van der Waals surface area contributed by atoms with Gasteiger partial charge in [-0.3, -0.25) is 9.69 Å². The van der Waals surface area contributed by atoms with Gasteiger partial charge in [0.05, 0.1) is 12.1 Å². The third-order valence-corrected chi connectivity index (χ3v) is 7.74. The molecule has 0 atom stereocenters. The summed E-state index contributed by atoms with van der Waals surface area (Å²) in [5.74, 6) is 0.809. The van der Waals surface area contributed by atoms with E-state index in [-0.39, 0.29) is 5.91 Å². The first-order valence-electron chi connectivity index (χ1n) is 11.9. The number of hydrogen-bond acceptors (Lipinski definition) is 5. The standard InChI is InChI=1S/C25H33F2N3O2S/c1-17-2-4-19(5-3-17)14-24(31)28-20-8-6-18(7-9-20)10-12-30-13-11-22-21(15-30)29-25(33-22)32-16-23(26)27/h2-5,18,20,23H,6-16H2,1H3,(H,28,31). The molecule has 180 valence electrons. The third-order valence-electron chi connectivity index (χ3n) is 6.67. The lowest BCUT2D eigenvalue weighted by Crippen LogP contribution is -2.39. The van der Waals surface area contributed by atoms with Crippen molar-refractivity contribution in [3.05, 3.63) is 46.0 Å². The number of aromatic nitrogens is 1. The molecule has 1 fully saturated rings. The monoisotopic (exact) mass is 477 g/mol. The van der Waals surface area contributed by atoms with Gasteiger partial charge >= 0.3 is 0 Å². The Morgan fingerprint density at radius 2 is 2.00 bits per heavy atom. The minimum absolute atomic E-state index is 0.117. The van der Waals surface area contributed by atoms with E-state index < -0.39 is 13.0 Å². The van der Waals surface area contributed by atoms with Crippen LogP contribution in [0.1, 0.15) is 53.8 Å². The highest BCUT2D eigenvalue weighted by Gasteiger charge is 2.25. The molecule has 0 radical (unpaired) electrons. The normalized spacial score (nSPS) is 21.1. The molecular weight excluding hydrogens is 444 g/mol. The summed E-state index contributed by atoms with van der Waals surface area (Å²) in [5, 5.41) is 3.59. The van der Waals surface area contributed by atoms with Crippen molar-refractivity contribution in [2.45, 2.75) is 70.9 Å². The summed E-state index contributed by atoms with van der Waals surface area (Å²) in [4.78, 5) is 20.4. The van der Waals surface area contributed by atoms with Gasteiger partial charge in [-0.15, -0.1) is 0 Å². The van der Waals surface area contributed by atoms with Crippen molar-refractivity contribution < 1.29 is 18.3 Å². The number of hydrogen-bond donors (Lipinski definition) is 1. The van der Waals surface area contributed by atoms with Gasteiger partial charge in [0.1, 0.15) is 0 Å². The van der Waals surface area contributed by atoms with Crippen LogP contribution in [0.2, 0.25) is 0 Å². The summed E-state index contributed by atoms with van der Waals surface area (Å²) in [7, 11) is 0. The van der Waals surface area contributed by atoms with E-state index in [0.717, 1.165) is 74.3 Å². The Balaban J connectivity index is 1.14. The topological polar surface area (TPSA) is 54.5 Å². The van der Waals surface area contributed by atoms with Crippen molar-refractivity contribution in [2.75, 3.05) is 19.7 Å². The smallest absolute Gasteiger partial charge is 0.273 e. The van der Waals surface area contributed by atoms with E-state index in [0.29, 0.717) is 23.6 Å². The zero-order valence-corrected chi connectivity index (χ0v) is 20.0. The van der Waals surface area contributed by atoms with Gasteiger partial charge in [0.25, 0.3) is 11.6 Å². The van der Waals surface area contributed by atoms with Gasteiger partial charge in [0.2, 0.25) is 5.91 Å². The average molecular weight is 478 g/mol. The largest absolute Gasteiger partial charge is 0.464 e. The summed E-state index contributed by atoms with van der Waals surface area (Å²) in [5.41, 5.74) is 3.25. The number of benzene rings is 1. The van der Waals surface area contributed by atoms with Gasteiger partial charge in [-0.2, -0.15) is 0 Å². The highest BCUT2D eigenvalue weighted by atomic mass is 32.1. The predicted molar refractivity (Wildman–Crippen MR) is 126 cm³/mol. The van der Waals surface area contributed by atoms with Crippen LogP contribution in [0.5, 0.6) is 5.19 Å². The van der Waals surface area contributed by atoms with Crippen molar-refractivity contribution in [1.82, 2.24) is 15.2 Å². The van der Waals surface area contributed by atoms with E-state index in [1.807, 2.05) is 24.3 Å². The van der Waals surface area contributed by atoms with E-state index in [9.17, 15) is 13.6 Å². The van der Waals surface area contributed by atoms with Gasteiger partial charge < -0.3 is 10.1 Å². The number of aryl methyl sites for hydroxylation is 1. The van der Waals surface area contributed by atoms with Crippen LogP contribution in [0, 0.1) is 12.8 Å². The summed E-state index contributed by atoms with van der Waals surface area (Å²) in [6.45, 7) is 4.24. The summed E-state index contributed by atoms with van der Waals surface area (Å²) < 4.78 is 29.8. The van der Waals surface area contributed by atoms with Crippen LogP contribution in [0.15, 0.2) is 24.3 Å². The zero-order chi connectivity index (χ0) is 23.2. The summed E-state index contributed by atoms with van der Waals surface area (Å²) in [6.07, 6.45) is 4.43. The van der Waals surface area contributed by atoms with Gasteiger partial charge in [0.15, 0.2) is 6.61 Å². The second-order valence-electron chi connectivity index (χ2n) is 9.31. The maximum Gasteiger partial charge on any atom is 0.273 e. The molecule has 1 aromatic carbocycles. The molecule has 1 N–H and O–H groups in total. The third kappa shape index (κ3) is 7.21. The van der Waals surface area contributed by atoms with Crippen LogP contribution in [-0.2, 0) is 24.2 Å². The first-order valence-corrected chi connectivity index (χ1v) is 12.7. The molecule has 0 saturated heterocycles. The van der Waals surface area contributed by atoms with Crippen LogP contribution in [-0.4, -0.2) is 48.0 Å². The number of carbonyl (C=O) groups is 1. The highest BCUT2D eigenvalue weighted by Crippen LogP contribution is 2.31. The highest BCUT2D eigenvalue weighted by molar-refractivity contribution is 7.13. The molecular formula is C25H33F2N3O2S. The summed E-state index contributed by atoms with van der Waals surface area (Å²) >= 11 is 1.40. The molecule has 1 aromatic heterocycles. The Hall–Kier alpha value is -2.06. The Morgan fingerprint density at radius 1 is 1.24 bits per heavy atom. The molecule has 2 aliphatic rings. The Bertz CT molecular complexity index is 911. The number of nitrogens with one attached hydrogen (secondary N) is 1. The zero-order valence-electron chi connectivity index (χ0n) is 19.2. The van der Waals surface area contributed by atoms with Gasteiger partial charge in [-0.25, -0.2) is 13.8 Å². The van der Waals surface area contributed by atoms with E-state index >= 15 is 0 Å². The molecule has 2 heterocycles. The van der Waals surface area contributed by atoms with Crippen LogP contribution in [0.4, 0.5) is 8.78 Å². The lowest BCUT2D eigenvalue weighted by Gasteiger charge is -2.32. The molecule has 5 nitrogen and oxygen atoms in total. The Morgan fingerprint density at radius 3 is 2.73 bits per heavy atom. The average Bonchev–Trinajstić information content (AvgIpc) is 3.21. The van der Waals surface area contributed by atoms with Crippen molar-refractivity contribution >= 4 is 17.2 Å². The number of fused-ring (bicyclic) bond motifs is 1. The number of carbonyl (C=O) groups excluding carboxylic acids is 1. The molecule has 1 saturated carbocycles. The molecule has 2 aromatic rings. The lowest BCUT2D eigenvalue weighted by molar-refractivity contribution is -0.121. The SMILES string of the molecule is Cc1ccc(CC(=O)NC2CCC(CCN3CCc4sc(OCC(F)F)nc4C3)CC2)cc1. The minimum atomic E-state index is -2.47. The molecule has 1 aliphatic heterocycles. The number of nitrogens with zero attached hydrogens (tertiary/aromatic N) is 2. The number of halogens is 2. The first kappa shape index (κ1) is 24.1. The predicted octanol–water partition coefficient (Wildman–Crippen LogP) is 4.76. The van der Waals surface area contributed by atoms with Crippen LogP contribution < -0.4 is 10.1 Å². The number of alkyl halides is 2. The quantitative estimate of drug-likeness (QED) is 0.566. The Labute approximate surface area is 198 Å². The van der Waals surface area contributed by atoms with Crippen molar-refractivity contribution in [3.8, 4) is 5.19 Å². The van der Waals surface area contributed by atoms with Crippen molar-refractivity contribution in [2.24, 2.45) is 5.92 Å². The van der Waals surface area contributed by atoms with E-state index in [2.05, 4.69) is 22.1 Å². The Kier molecular flexibility index (Phi) is 8.30. The van der Waals surface area contributed by atoms with Gasteiger partial charge in [-0.05, 0) is 63.5 Å². The number of ether oxygens (including phenoxy) is 1. The number of rotatable bonds is 9. The fraction of sp³-hybridized carbons (Fsp3) is 0.600. The fourth-order valence-corrected chi connectivity index (χ4v) is 5.66. The first-order chi connectivity index (χ1) is 15.9. The maximum absolute atomic E-state index is 12.4. The second-order valence-corrected chi connectivity index (χ2v) is 10.4. The van der Waals surface area contributed by atoms with E-state index in [4.69, 9.17) is 4.74 Å². The minimum Gasteiger partial charge on any atom is -0.464 e. The molecule has 1 aliphatic carbocycles. The fourth-order valence-electron chi connectivity index (χ4n) is 4.75. The summed E-state index contributed by atoms with van der Waals surface area (Å²) in [6, 6.07) is 8.44. The maximum atomic E-state index is 12.4. The molecule has 0 unspecified atom stereocenters. The number of thiazole rings is 1. The lowest BCUT2D eigenvalue weighted by atomic mass is 9.84. The van der Waals surface area contributed by atoms with Crippen LogP contribution in [0.3, 0.4) is 0 Å². The molecule has 0 spiro atoms. The van der Waals surface area contributed by atoms with Crippen molar-refractivity contribution in [3.63, 3.8) is 0 Å². The van der Waals surface area contributed by atoms with Gasteiger partial charge in [0, 0.05) is 24.0 Å². The van der Waals surface area contributed by atoms with E-state index in [1.54, 1.807) is 0 Å².